The van der Waals surface area contributed by atoms with E-state index in [0.717, 1.165) is 6.29 Å². The molecule has 0 saturated heterocycles. The highest BCUT2D eigenvalue weighted by Gasteiger charge is 2.06. The SMILES string of the molecule is O=Cc1ccc(NC(=O)Nc2cc(Cl)ccc2Cl)cc1. The molecule has 0 atom stereocenters. The monoisotopic (exact) mass is 308 g/mol. The second kappa shape index (κ2) is 6.41. The molecule has 4 nitrogen and oxygen atoms in total. The van der Waals surface area contributed by atoms with Crippen LogP contribution in [-0.4, -0.2) is 12.3 Å². The van der Waals surface area contributed by atoms with Crippen LogP contribution >= 0.6 is 23.2 Å². The Hall–Kier alpha value is -2.04. The van der Waals surface area contributed by atoms with Crippen LogP contribution in [-0.2, 0) is 0 Å². The minimum atomic E-state index is -0.451. The van der Waals surface area contributed by atoms with Crippen LogP contribution in [0.3, 0.4) is 0 Å². The van der Waals surface area contributed by atoms with Crippen molar-refractivity contribution in [3.63, 3.8) is 0 Å². The molecule has 0 aliphatic rings. The molecule has 2 rings (SSSR count). The highest BCUT2D eigenvalue weighted by Crippen LogP contribution is 2.25. The summed E-state index contributed by atoms with van der Waals surface area (Å²) >= 11 is 11.8. The zero-order chi connectivity index (χ0) is 14.5. The van der Waals surface area contributed by atoms with Crippen molar-refractivity contribution in [2.75, 3.05) is 10.6 Å². The summed E-state index contributed by atoms with van der Waals surface area (Å²) in [5.74, 6) is 0. The van der Waals surface area contributed by atoms with Gasteiger partial charge in [0.15, 0.2) is 0 Å². The molecule has 0 aliphatic heterocycles. The molecule has 102 valence electrons. The van der Waals surface area contributed by atoms with E-state index in [2.05, 4.69) is 10.6 Å². The van der Waals surface area contributed by atoms with Gasteiger partial charge in [-0.3, -0.25) is 4.79 Å². The summed E-state index contributed by atoms with van der Waals surface area (Å²) in [6.45, 7) is 0. The first kappa shape index (κ1) is 14.4. The summed E-state index contributed by atoms with van der Waals surface area (Å²) in [4.78, 5) is 22.3. The van der Waals surface area contributed by atoms with Crippen LogP contribution in [0, 0.1) is 0 Å². The van der Waals surface area contributed by atoms with E-state index in [1.165, 1.54) is 0 Å². The van der Waals surface area contributed by atoms with Crippen LogP contribution in [0.1, 0.15) is 10.4 Å². The van der Waals surface area contributed by atoms with Gasteiger partial charge in [0.05, 0.1) is 10.7 Å². The van der Waals surface area contributed by atoms with Gasteiger partial charge in [-0.25, -0.2) is 4.79 Å². The summed E-state index contributed by atoms with van der Waals surface area (Å²) in [6.07, 6.45) is 0.732. The molecule has 2 amide bonds. The number of rotatable bonds is 3. The predicted molar refractivity (Wildman–Crippen MR) is 80.9 cm³/mol. The Bertz CT molecular complexity index is 642. The summed E-state index contributed by atoms with van der Waals surface area (Å²) in [6, 6.07) is 10.8. The molecule has 0 aliphatic carbocycles. The van der Waals surface area contributed by atoms with Crippen molar-refractivity contribution in [2.24, 2.45) is 0 Å². The Morgan fingerprint density at radius 2 is 1.70 bits per heavy atom. The molecular weight excluding hydrogens is 299 g/mol. The first-order valence-corrected chi connectivity index (χ1v) is 6.42. The average Bonchev–Trinajstić information content (AvgIpc) is 2.43. The fraction of sp³-hybridized carbons (Fsp3) is 0. The number of anilines is 2. The van der Waals surface area contributed by atoms with E-state index >= 15 is 0 Å². The number of hydrogen-bond acceptors (Lipinski definition) is 2. The summed E-state index contributed by atoms with van der Waals surface area (Å²) < 4.78 is 0. The Morgan fingerprint density at radius 1 is 1.00 bits per heavy atom. The maximum atomic E-state index is 11.8. The minimum Gasteiger partial charge on any atom is -0.308 e. The zero-order valence-electron chi connectivity index (χ0n) is 10.2. The van der Waals surface area contributed by atoms with Crippen LogP contribution in [0.5, 0.6) is 0 Å². The number of hydrogen-bond donors (Lipinski definition) is 2. The molecule has 0 bridgehead atoms. The lowest BCUT2D eigenvalue weighted by atomic mass is 10.2. The summed E-state index contributed by atoms with van der Waals surface area (Å²) in [5.41, 5.74) is 1.52. The lowest BCUT2D eigenvalue weighted by Crippen LogP contribution is -2.19. The van der Waals surface area contributed by atoms with Crippen molar-refractivity contribution in [1.82, 2.24) is 0 Å². The van der Waals surface area contributed by atoms with Crippen LogP contribution in [0.4, 0.5) is 16.2 Å². The van der Waals surface area contributed by atoms with Crippen molar-refractivity contribution in [1.29, 1.82) is 0 Å². The van der Waals surface area contributed by atoms with Gasteiger partial charge in [-0.05, 0) is 42.5 Å². The van der Waals surface area contributed by atoms with Gasteiger partial charge in [-0.1, -0.05) is 23.2 Å². The third kappa shape index (κ3) is 3.73. The highest BCUT2D eigenvalue weighted by atomic mass is 35.5. The van der Waals surface area contributed by atoms with E-state index < -0.39 is 6.03 Å². The predicted octanol–water partition coefficient (Wildman–Crippen LogP) is 4.45. The Kier molecular flexibility index (Phi) is 4.61. The van der Waals surface area contributed by atoms with E-state index in [-0.39, 0.29) is 0 Å². The maximum absolute atomic E-state index is 11.8. The topological polar surface area (TPSA) is 58.2 Å². The largest absolute Gasteiger partial charge is 0.323 e. The third-order valence-electron chi connectivity index (χ3n) is 2.48. The van der Waals surface area contributed by atoms with Gasteiger partial charge in [-0.15, -0.1) is 0 Å². The second-order valence-corrected chi connectivity index (χ2v) is 4.79. The van der Waals surface area contributed by atoms with Gasteiger partial charge < -0.3 is 10.6 Å². The fourth-order valence-corrected chi connectivity index (χ4v) is 1.86. The number of urea groups is 1. The Labute approximate surface area is 125 Å². The molecule has 2 aromatic rings. The van der Waals surface area contributed by atoms with E-state index in [0.29, 0.717) is 27.0 Å². The number of benzene rings is 2. The van der Waals surface area contributed by atoms with Gasteiger partial charge in [0.1, 0.15) is 6.29 Å². The van der Waals surface area contributed by atoms with Crippen LogP contribution in [0.2, 0.25) is 10.0 Å². The molecule has 0 spiro atoms. The van der Waals surface area contributed by atoms with Gasteiger partial charge in [0, 0.05) is 16.3 Å². The molecular formula is C14H10Cl2N2O2. The molecule has 0 unspecified atom stereocenters. The summed E-state index contributed by atoms with van der Waals surface area (Å²) in [5, 5.41) is 6.07. The minimum absolute atomic E-state index is 0.390. The van der Waals surface area contributed by atoms with E-state index in [1.807, 2.05) is 0 Å². The van der Waals surface area contributed by atoms with E-state index in [1.54, 1.807) is 42.5 Å². The van der Waals surface area contributed by atoms with Crippen molar-refractivity contribution in [3.8, 4) is 0 Å². The number of nitrogens with one attached hydrogen (secondary N) is 2. The molecule has 2 aromatic carbocycles. The third-order valence-corrected chi connectivity index (χ3v) is 3.05. The van der Waals surface area contributed by atoms with Crippen LogP contribution in [0.15, 0.2) is 42.5 Å². The van der Waals surface area contributed by atoms with E-state index in [4.69, 9.17) is 23.2 Å². The van der Waals surface area contributed by atoms with Gasteiger partial charge in [-0.2, -0.15) is 0 Å². The molecule has 20 heavy (non-hydrogen) atoms. The zero-order valence-corrected chi connectivity index (χ0v) is 11.7. The van der Waals surface area contributed by atoms with Crippen LogP contribution in [0.25, 0.3) is 0 Å². The van der Waals surface area contributed by atoms with Crippen molar-refractivity contribution < 1.29 is 9.59 Å². The molecule has 0 aromatic heterocycles. The molecule has 0 fully saturated rings. The number of halogens is 2. The quantitative estimate of drug-likeness (QED) is 0.823. The number of carbonyl (C=O) groups is 2. The fourth-order valence-electron chi connectivity index (χ4n) is 1.52. The standard InChI is InChI=1S/C14H10Cl2N2O2/c15-10-3-6-12(16)13(7-10)18-14(20)17-11-4-1-9(8-19)2-5-11/h1-8H,(H2,17,18,20). The van der Waals surface area contributed by atoms with Gasteiger partial charge in [0.2, 0.25) is 0 Å². The molecule has 6 heteroatoms. The van der Waals surface area contributed by atoms with Gasteiger partial charge in [0.25, 0.3) is 0 Å². The van der Waals surface area contributed by atoms with Crippen molar-refractivity contribution in [2.45, 2.75) is 0 Å². The highest BCUT2D eigenvalue weighted by molar-refractivity contribution is 6.35. The van der Waals surface area contributed by atoms with Gasteiger partial charge >= 0.3 is 6.03 Å². The molecule has 0 heterocycles. The van der Waals surface area contributed by atoms with E-state index in [9.17, 15) is 9.59 Å². The molecule has 0 saturated carbocycles. The Morgan fingerprint density at radius 3 is 2.35 bits per heavy atom. The van der Waals surface area contributed by atoms with Crippen molar-refractivity contribution >= 4 is 46.9 Å². The lowest BCUT2D eigenvalue weighted by molar-refractivity contribution is 0.112. The average molecular weight is 309 g/mol. The normalized spacial score (nSPS) is 9.90. The van der Waals surface area contributed by atoms with Crippen molar-refractivity contribution in [3.05, 3.63) is 58.1 Å². The maximum Gasteiger partial charge on any atom is 0.323 e. The van der Waals surface area contributed by atoms with Crippen LogP contribution < -0.4 is 10.6 Å². The summed E-state index contributed by atoms with van der Waals surface area (Å²) in [7, 11) is 0. The molecule has 2 N–H and O–H groups in total. The number of carbonyl (C=O) groups excluding carboxylic acids is 2. The number of amides is 2. The Balaban J connectivity index is 2.04. The first-order valence-electron chi connectivity index (χ1n) is 5.67. The number of aldehydes is 1. The first-order chi connectivity index (χ1) is 9.58. The lowest BCUT2D eigenvalue weighted by Gasteiger charge is -2.09. The molecule has 0 radical (unpaired) electrons. The smallest absolute Gasteiger partial charge is 0.308 e. The second-order valence-electron chi connectivity index (χ2n) is 3.94.